The van der Waals surface area contributed by atoms with Crippen LogP contribution in [0.5, 0.6) is 5.75 Å². The van der Waals surface area contributed by atoms with E-state index in [0.717, 1.165) is 12.0 Å². The number of phenolic OH excluding ortho intramolecular Hbond substituents is 1. The van der Waals surface area contributed by atoms with E-state index in [2.05, 4.69) is 5.43 Å². The second-order valence-electron chi connectivity index (χ2n) is 2.35. The Balaban J connectivity index is 3.02. The van der Waals surface area contributed by atoms with Gasteiger partial charge in [-0.15, -0.1) is 0 Å². The van der Waals surface area contributed by atoms with Crippen LogP contribution in [0.3, 0.4) is 0 Å². The molecule has 0 amide bonds. The zero-order valence-electron chi connectivity index (χ0n) is 6.46. The summed E-state index contributed by atoms with van der Waals surface area (Å²) < 4.78 is 0. The van der Waals surface area contributed by atoms with Crippen molar-refractivity contribution in [3.8, 4) is 5.75 Å². The number of phenols is 1. The van der Waals surface area contributed by atoms with Crippen LogP contribution >= 0.6 is 0 Å². The van der Waals surface area contributed by atoms with Gasteiger partial charge in [0.1, 0.15) is 5.75 Å². The summed E-state index contributed by atoms with van der Waals surface area (Å²) in [6.45, 7) is 2.05. The maximum absolute atomic E-state index is 9.19. The summed E-state index contributed by atoms with van der Waals surface area (Å²) in [7, 11) is 0. The van der Waals surface area contributed by atoms with Crippen molar-refractivity contribution in [2.24, 2.45) is 5.84 Å². The minimum Gasteiger partial charge on any atom is -0.506 e. The largest absolute Gasteiger partial charge is 0.506 e. The molecule has 1 rings (SSSR count). The van der Waals surface area contributed by atoms with Crippen molar-refractivity contribution in [1.29, 1.82) is 0 Å². The van der Waals surface area contributed by atoms with Gasteiger partial charge in [-0.05, 0) is 24.1 Å². The molecule has 4 N–H and O–H groups in total. The molecule has 0 aliphatic carbocycles. The van der Waals surface area contributed by atoms with E-state index in [0.29, 0.717) is 5.69 Å². The van der Waals surface area contributed by atoms with E-state index in [9.17, 15) is 5.11 Å². The first-order chi connectivity index (χ1) is 5.27. The number of nitrogen functional groups attached to an aromatic ring is 1. The fourth-order valence-corrected chi connectivity index (χ4v) is 0.919. The quantitative estimate of drug-likeness (QED) is 0.339. The predicted molar refractivity (Wildman–Crippen MR) is 45.3 cm³/mol. The molecule has 0 unspecified atom stereocenters. The number of nitrogens with two attached hydrogens (primary N) is 1. The Morgan fingerprint density at radius 2 is 2.27 bits per heavy atom. The monoisotopic (exact) mass is 152 g/mol. The first-order valence-electron chi connectivity index (χ1n) is 3.56. The molecule has 0 fully saturated rings. The van der Waals surface area contributed by atoms with Gasteiger partial charge in [0.15, 0.2) is 0 Å². The summed E-state index contributed by atoms with van der Waals surface area (Å²) in [5.41, 5.74) is 4.14. The Morgan fingerprint density at radius 3 is 2.82 bits per heavy atom. The van der Waals surface area contributed by atoms with Crippen LogP contribution in [-0.4, -0.2) is 5.11 Å². The Morgan fingerprint density at radius 1 is 1.55 bits per heavy atom. The third kappa shape index (κ3) is 1.62. The van der Waals surface area contributed by atoms with Gasteiger partial charge < -0.3 is 10.5 Å². The SMILES string of the molecule is CCc1ccc(O)c(NN)c1. The highest BCUT2D eigenvalue weighted by atomic mass is 16.3. The maximum Gasteiger partial charge on any atom is 0.140 e. The van der Waals surface area contributed by atoms with Crippen LogP contribution in [0.2, 0.25) is 0 Å². The fraction of sp³-hybridized carbons (Fsp3) is 0.250. The highest BCUT2D eigenvalue weighted by Crippen LogP contribution is 2.22. The van der Waals surface area contributed by atoms with Gasteiger partial charge in [0.25, 0.3) is 0 Å². The molecule has 0 aromatic heterocycles. The summed E-state index contributed by atoms with van der Waals surface area (Å²) in [5.74, 6) is 5.35. The van der Waals surface area contributed by atoms with Gasteiger partial charge in [-0.1, -0.05) is 13.0 Å². The number of benzene rings is 1. The predicted octanol–water partition coefficient (Wildman–Crippen LogP) is 1.24. The van der Waals surface area contributed by atoms with E-state index in [1.54, 1.807) is 6.07 Å². The van der Waals surface area contributed by atoms with Gasteiger partial charge >= 0.3 is 0 Å². The summed E-state index contributed by atoms with van der Waals surface area (Å²) in [5, 5.41) is 9.19. The molecule has 1 aromatic carbocycles. The van der Waals surface area contributed by atoms with Crippen molar-refractivity contribution in [2.45, 2.75) is 13.3 Å². The number of hydrogen-bond acceptors (Lipinski definition) is 3. The van der Waals surface area contributed by atoms with Crippen LogP contribution in [0.4, 0.5) is 5.69 Å². The van der Waals surface area contributed by atoms with Crippen LogP contribution in [0, 0.1) is 0 Å². The van der Waals surface area contributed by atoms with E-state index in [-0.39, 0.29) is 5.75 Å². The highest BCUT2D eigenvalue weighted by molar-refractivity contribution is 5.56. The van der Waals surface area contributed by atoms with Crippen LogP contribution in [0.1, 0.15) is 12.5 Å². The summed E-state index contributed by atoms with van der Waals surface area (Å²) in [6, 6.07) is 5.33. The average Bonchev–Trinajstić information content (AvgIpc) is 2.05. The Hall–Kier alpha value is -1.22. The van der Waals surface area contributed by atoms with Crippen molar-refractivity contribution in [3.05, 3.63) is 23.8 Å². The zero-order chi connectivity index (χ0) is 8.27. The molecule has 0 aliphatic heterocycles. The molecule has 0 aliphatic rings. The molecule has 0 bridgehead atoms. The lowest BCUT2D eigenvalue weighted by Gasteiger charge is -2.04. The molecule has 3 nitrogen and oxygen atoms in total. The molecule has 1 aromatic rings. The fourth-order valence-electron chi connectivity index (χ4n) is 0.919. The molecule has 3 heteroatoms. The molecule has 0 heterocycles. The Bertz CT molecular complexity index is 248. The van der Waals surface area contributed by atoms with Crippen LogP contribution in [-0.2, 0) is 6.42 Å². The van der Waals surface area contributed by atoms with Crippen molar-refractivity contribution < 1.29 is 5.11 Å². The molecule has 60 valence electrons. The Labute approximate surface area is 65.8 Å². The van der Waals surface area contributed by atoms with Crippen molar-refractivity contribution in [3.63, 3.8) is 0 Å². The second-order valence-corrected chi connectivity index (χ2v) is 2.35. The molecule has 11 heavy (non-hydrogen) atoms. The number of rotatable bonds is 2. The number of anilines is 1. The molecule has 0 atom stereocenters. The van der Waals surface area contributed by atoms with Gasteiger partial charge in [0.05, 0.1) is 5.69 Å². The van der Waals surface area contributed by atoms with E-state index in [1.807, 2.05) is 19.1 Å². The summed E-state index contributed by atoms with van der Waals surface area (Å²) >= 11 is 0. The van der Waals surface area contributed by atoms with Gasteiger partial charge in [-0.25, -0.2) is 0 Å². The molecule has 0 spiro atoms. The van der Waals surface area contributed by atoms with Gasteiger partial charge in [-0.2, -0.15) is 0 Å². The normalized spacial score (nSPS) is 9.64. The van der Waals surface area contributed by atoms with E-state index < -0.39 is 0 Å². The summed E-state index contributed by atoms with van der Waals surface area (Å²) in [6.07, 6.45) is 0.939. The number of hydrogen-bond donors (Lipinski definition) is 3. The summed E-state index contributed by atoms with van der Waals surface area (Å²) in [4.78, 5) is 0. The molecule has 0 saturated heterocycles. The van der Waals surface area contributed by atoms with Crippen LogP contribution < -0.4 is 11.3 Å². The first kappa shape index (κ1) is 7.88. The smallest absolute Gasteiger partial charge is 0.140 e. The van der Waals surface area contributed by atoms with Crippen molar-refractivity contribution >= 4 is 5.69 Å². The lowest BCUT2D eigenvalue weighted by molar-refractivity contribution is 0.477. The van der Waals surface area contributed by atoms with E-state index in [4.69, 9.17) is 5.84 Å². The van der Waals surface area contributed by atoms with E-state index in [1.165, 1.54) is 0 Å². The third-order valence-corrected chi connectivity index (χ3v) is 1.62. The zero-order valence-corrected chi connectivity index (χ0v) is 6.46. The van der Waals surface area contributed by atoms with Crippen LogP contribution in [0.15, 0.2) is 18.2 Å². The minimum absolute atomic E-state index is 0.185. The first-order valence-corrected chi connectivity index (χ1v) is 3.56. The second kappa shape index (κ2) is 3.25. The topological polar surface area (TPSA) is 58.3 Å². The standard InChI is InChI=1S/C8H12N2O/c1-2-6-3-4-8(11)7(5-6)10-9/h3-5,10-11H,2,9H2,1H3. The van der Waals surface area contributed by atoms with Gasteiger partial charge in [0.2, 0.25) is 0 Å². The lowest BCUT2D eigenvalue weighted by Crippen LogP contribution is -2.06. The average molecular weight is 152 g/mol. The Kier molecular flexibility index (Phi) is 2.33. The minimum atomic E-state index is 0.185. The third-order valence-electron chi connectivity index (χ3n) is 1.62. The molecule has 0 saturated carbocycles. The molecular formula is C8H12N2O. The lowest BCUT2D eigenvalue weighted by atomic mass is 10.1. The number of aromatic hydroxyl groups is 1. The number of nitrogens with one attached hydrogen (secondary N) is 1. The molecular weight excluding hydrogens is 140 g/mol. The van der Waals surface area contributed by atoms with Gasteiger partial charge in [-0.3, -0.25) is 5.84 Å². The molecule has 0 radical (unpaired) electrons. The number of hydrazine groups is 1. The van der Waals surface area contributed by atoms with Gasteiger partial charge in [0, 0.05) is 0 Å². The van der Waals surface area contributed by atoms with Crippen molar-refractivity contribution in [2.75, 3.05) is 5.43 Å². The number of aryl methyl sites for hydroxylation is 1. The highest BCUT2D eigenvalue weighted by Gasteiger charge is 1.98. The maximum atomic E-state index is 9.19. The van der Waals surface area contributed by atoms with Crippen LogP contribution in [0.25, 0.3) is 0 Å². The van der Waals surface area contributed by atoms with Crippen molar-refractivity contribution in [1.82, 2.24) is 0 Å². The van der Waals surface area contributed by atoms with E-state index >= 15 is 0 Å².